The molecule has 0 unspecified atom stereocenters. The number of anilines is 1. The molecule has 2 aromatic carbocycles. The number of methoxy groups -OCH3 is 1. The highest BCUT2D eigenvalue weighted by Gasteiger charge is 2.33. The third-order valence-electron chi connectivity index (χ3n) is 4.50. The standard InChI is InChI=1S/C20H21ClN2O3/c1-26-17-10-4-14(5-11-17)13-19(24)23-12-2-3-18(23)20(25)22-16-8-6-15(21)7-9-16/h4-11,18H,2-3,12-13H2,1H3,(H,22,25)/t18-/m1/s1. The molecule has 1 atom stereocenters. The number of halogens is 1. The van der Waals surface area contributed by atoms with Crippen LogP contribution < -0.4 is 10.1 Å². The third-order valence-corrected chi connectivity index (χ3v) is 4.75. The zero-order valence-electron chi connectivity index (χ0n) is 14.6. The second kappa shape index (κ2) is 8.23. The molecule has 2 amide bonds. The monoisotopic (exact) mass is 372 g/mol. The molecule has 1 aliphatic heterocycles. The van der Waals surface area contributed by atoms with Gasteiger partial charge in [-0.25, -0.2) is 0 Å². The van der Waals surface area contributed by atoms with Crippen molar-refractivity contribution in [2.75, 3.05) is 19.0 Å². The van der Waals surface area contributed by atoms with Crippen LogP contribution >= 0.6 is 11.6 Å². The minimum absolute atomic E-state index is 0.0380. The van der Waals surface area contributed by atoms with Gasteiger partial charge in [-0.2, -0.15) is 0 Å². The summed E-state index contributed by atoms with van der Waals surface area (Å²) in [4.78, 5) is 27.0. The highest BCUT2D eigenvalue weighted by Crippen LogP contribution is 2.22. The number of amides is 2. The maximum absolute atomic E-state index is 12.7. The summed E-state index contributed by atoms with van der Waals surface area (Å²) in [5, 5.41) is 3.48. The Balaban J connectivity index is 1.63. The smallest absolute Gasteiger partial charge is 0.247 e. The molecular formula is C20H21ClN2O3. The van der Waals surface area contributed by atoms with Crippen LogP contribution in [0.25, 0.3) is 0 Å². The SMILES string of the molecule is COc1ccc(CC(=O)N2CCC[C@@H]2C(=O)Nc2ccc(Cl)cc2)cc1. The quantitative estimate of drug-likeness (QED) is 0.873. The highest BCUT2D eigenvalue weighted by molar-refractivity contribution is 6.30. The van der Waals surface area contributed by atoms with E-state index in [1.165, 1.54) is 0 Å². The van der Waals surface area contributed by atoms with Crippen molar-refractivity contribution in [3.05, 3.63) is 59.1 Å². The molecule has 2 aromatic rings. The van der Waals surface area contributed by atoms with Gasteiger partial charge in [-0.1, -0.05) is 23.7 Å². The number of ether oxygens (including phenoxy) is 1. The van der Waals surface area contributed by atoms with Crippen molar-refractivity contribution < 1.29 is 14.3 Å². The van der Waals surface area contributed by atoms with E-state index in [4.69, 9.17) is 16.3 Å². The van der Waals surface area contributed by atoms with Gasteiger partial charge >= 0.3 is 0 Å². The van der Waals surface area contributed by atoms with Gasteiger partial charge in [-0.3, -0.25) is 9.59 Å². The van der Waals surface area contributed by atoms with Crippen LogP contribution in [0, 0.1) is 0 Å². The first kappa shape index (κ1) is 18.3. The van der Waals surface area contributed by atoms with Crippen LogP contribution in [0.15, 0.2) is 48.5 Å². The molecule has 0 aliphatic carbocycles. The average molecular weight is 373 g/mol. The Labute approximate surface area is 157 Å². The lowest BCUT2D eigenvalue weighted by Gasteiger charge is -2.24. The summed E-state index contributed by atoms with van der Waals surface area (Å²) in [6.45, 7) is 0.605. The van der Waals surface area contributed by atoms with Crippen LogP contribution in [-0.4, -0.2) is 36.4 Å². The molecule has 0 spiro atoms. The van der Waals surface area contributed by atoms with E-state index in [9.17, 15) is 9.59 Å². The molecule has 0 bridgehead atoms. The number of rotatable bonds is 5. The molecular weight excluding hydrogens is 352 g/mol. The van der Waals surface area contributed by atoms with Crippen molar-refractivity contribution in [3.63, 3.8) is 0 Å². The van der Waals surface area contributed by atoms with E-state index in [1.54, 1.807) is 36.3 Å². The molecule has 1 aliphatic rings. The van der Waals surface area contributed by atoms with Gasteiger partial charge < -0.3 is 15.0 Å². The van der Waals surface area contributed by atoms with Crippen LogP contribution in [0.4, 0.5) is 5.69 Å². The molecule has 5 nitrogen and oxygen atoms in total. The summed E-state index contributed by atoms with van der Waals surface area (Å²) in [5.74, 6) is 0.555. The zero-order valence-corrected chi connectivity index (χ0v) is 15.3. The molecule has 1 N–H and O–H groups in total. The number of likely N-dealkylation sites (tertiary alicyclic amines) is 1. The van der Waals surface area contributed by atoms with Gasteiger partial charge in [0.15, 0.2) is 0 Å². The van der Waals surface area contributed by atoms with Gasteiger partial charge in [0.05, 0.1) is 13.5 Å². The number of benzene rings is 2. The van der Waals surface area contributed by atoms with E-state index < -0.39 is 6.04 Å². The maximum Gasteiger partial charge on any atom is 0.247 e. The Morgan fingerprint density at radius 1 is 1.15 bits per heavy atom. The number of nitrogens with zero attached hydrogens (tertiary/aromatic N) is 1. The number of carbonyl (C=O) groups excluding carboxylic acids is 2. The summed E-state index contributed by atoms with van der Waals surface area (Å²) in [6.07, 6.45) is 1.77. The highest BCUT2D eigenvalue weighted by atomic mass is 35.5. The predicted octanol–water partition coefficient (Wildman–Crippen LogP) is 3.52. The minimum Gasteiger partial charge on any atom is -0.497 e. The van der Waals surface area contributed by atoms with E-state index in [0.29, 0.717) is 23.7 Å². The average Bonchev–Trinajstić information content (AvgIpc) is 3.14. The lowest BCUT2D eigenvalue weighted by Crippen LogP contribution is -2.43. The molecule has 136 valence electrons. The largest absolute Gasteiger partial charge is 0.497 e. The normalized spacial score (nSPS) is 16.4. The lowest BCUT2D eigenvalue weighted by atomic mass is 10.1. The molecule has 1 saturated heterocycles. The molecule has 1 fully saturated rings. The van der Waals surface area contributed by atoms with Crippen molar-refractivity contribution in [2.24, 2.45) is 0 Å². The fourth-order valence-electron chi connectivity index (χ4n) is 3.12. The van der Waals surface area contributed by atoms with Crippen LogP contribution in [-0.2, 0) is 16.0 Å². The summed E-state index contributed by atoms with van der Waals surface area (Å²) < 4.78 is 5.13. The Morgan fingerprint density at radius 2 is 1.85 bits per heavy atom. The second-order valence-corrected chi connectivity index (χ2v) is 6.70. The van der Waals surface area contributed by atoms with E-state index >= 15 is 0 Å². The number of hydrogen-bond acceptors (Lipinski definition) is 3. The van der Waals surface area contributed by atoms with E-state index in [2.05, 4.69) is 5.32 Å². The molecule has 1 heterocycles. The minimum atomic E-state index is -0.434. The molecule has 26 heavy (non-hydrogen) atoms. The van der Waals surface area contributed by atoms with Crippen molar-refractivity contribution in [2.45, 2.75) is 25.3 Å². The molecule has 0 aromatic heterocycles. The Kier molecular flexibility index (Phi) is 5.78. The summed E-state index contributed by atoms with van der Waals surface area (Å²) in [7, 11) is 1.61. The van der Waals surface area contributed by atoms with Gasteiger partial charge in [0.2, 0.25) is 11.8 Å². The topological polar surface area (TPSA) is 58.6 Å². The Hall–Kier alpha value is -2.53. The predicted molar refractivity (Wildman–Crippen MR) is 102 cm³/mol. The van der Waals surface area contributed by atoms with Crippen molar-refractivity contribution >= 4 is 29.1 Å². The van der Waals surface area contributed by atoms with Gasteiger partial charge in [0.25, 0.3) is 0 Å². The molecule has 0 saturated carbocycles. The van der Waals surface area contributed by atoms with E-state index in [0.717, 1.165) is 17.7 Å². The molecule has 6 heteroatoms. The molecule has 3 rings (SSSR count). The molecule has 0 radical (unpaired) electrons. The van der Waals surface area contributed by atoms with Crippen molar-refractivity contribution in [3.8, 4) is 5.75 Å². The van der Waals surface area contributed by atoms with Gasteiger partial charge in [0, 0.05) is 17.3 Å². The summed E-state index contributed by atoms with van der Waals surface area (Å²) in [5.41, 5.74) is 1.58. The first-order valence-electron chi connectivity index (χ1n) is 8.55. The maximum atomic E-state index is 12.7. The van der Waals surface area contributed by atoms with E-state index in [1.807, 2.05) is 24.3 Å². The Bertz CT molecular complexity index is 775. The number of carbonyl (C=O) groups is 2. The number of hydrogen-bond donors (Lipinski definition) is 1. The number of nitrogens with one attached hydrogen (secondary N) is 1. The summed E-state index contributed by atoms with van der Waals surface area (Å²) >= 11 is 5.86. The zero-order chi connectivity index (χ0) is 18.5. The van der Waals surface area contributed by atoms with Gasteiger partial charge in [0.1, 0.15) is 11.8 Å². The fraction of sp³-hybridized carbons (Fsp3) is 0.300. The second-order valence-electron chi connectivity index (χ2n) is 6.27. The van der Waals surface area contributed by atoms with E-state index in [-0.39, 0.29) is 18.2 Å². The first-order valence-corrected chi connectivity index (χ1v) is 8.93. The first-order chi connectivity index (χ1) is 12.6. The van der Waals surface area contributed by atoms with Crippen molar-refractivity contribution in [1.29, 1.82) is 0 Å². The van der Waals surface area contributed by atoms with Crippen LogP contribution in [0.1, 0.15) is 18.4 Å². The fourth-order valence-corrected chi connectivity index (χ4v) is 3.24. The summed E-state index contributed by atoms with van der Waals surface area (Å²) in [6, 6.07) is 13.9. The lowest BCUT2D eigenvalue weighted by molar-refractivity contribution is -0.136. The van der Waals surface area contributed by atoms with Crippen LogP contribution in [0.3, 0.4) is 0 Å². The van der Waals surface area contributed by atoms with Gasteiger partial charge in [-0.05, 0) is 54.8 Å². The van der Waals surface area contributed by atoms with Gasteiger partial charge in [-0.15, -0.1) is 0 Å². The van der Waals surface area contributed by atoms with Crippen molar-refractivity contribution in [1.82, 2.24) is 4.90 Å². The van der Waals surface area contributed by atoms with Crippen LogP contribution in [0.5, 0.6) is 5.75 Å². The third kappa shape index (κ3) is 4.35. The van der Waals surface area contributed by atoms with Crippen LogP contribution in [0.2, 0.25) is 5.02 Å². The Morgan fingerprint density at radius 3 is 2.50 bits per heavy atom.